The summed E-state index contributed by atoms with van der Waals surface area (Å²) in [6, 6.07) is 0. The number of allylic oxidation sites excluding steroid dienone is 6. The number of fused-ring (bicyclic) bond motifs is 6. The Kier molecular flexibility index (Phi) is 6.61. The normalized spacial score (nSPS) is 44.2. The minimum absolute atomic E-state index is 0.200. The van der Waals surface area contributed by atoms with Crippen LogP contribution in [-0.4, -0.2) is 11.6 Å². The zero-order valence-electron chi connectivity index (χ0n) is 24.0. The second kappa shape index (κ2) is 9.09. The van der Waals surface area contributed by atoms with Crippen LogP contribution in [0.4, 0.5) is 0 Å². The van der Waals surface area contributed by atoms with Crippen molar-refractivity contribution in [3.63, 3.8) is 0 Å². The van der Waals surface area contributed by atoms with E-state index in [0.717, 1.165) is 37.7 Å². The van der Waals surface area contributed by atoms with E-state index in [0.29, 0.717) is 33.7 Å². The molecule has 0 saturated heterocycles. The van der Waals surface area contributed by atoms with Crippen LogP contribution in [0.25, 0.3) is 0 Å². The lowest BCUT2D eigenvalue weighted by Crippen LogP contribution is -2.49. The SMILES string of the molecule is CC1=C2CC[C@@]3(C)CCCC=C3[C@@]2(C)CCC1=O.C[C@@H]1C(=O)CC[C@]2(C)C3=CCCC[C@]3(C)CC[C@@H]12. The third-order valence-corrected chi connectivity index (χ3v) is 12.2. The van der Waals surface area contributed by atoms with E-state index in [2.05, 4.69) is 53.7 Å². The molecule has 0 heterocycles. The van der Waals surface area contributed by atoms with Crippen LogP contribution in [0.2, 0.25) is 0 Å². The van der Waals surface area contributed by atoms with Gasteiger partial charge in [-0.2, -0.15) is 0 Å². The largest absolute Gasteiger partial charge is 0.299 e. The van der Waals surface area contributed by atoms with Gasteiger partial charge in [0.25, 0.3) is 0 Å². The van der Waals surface area contributed by atoms with Crippen LogP contribution in [0.1, 0.15) is 131 Å². The standard InChI is InChI=1S/C17H26O.C17H24O/c2*1-12-13-7-10-16(2)9-5-4-6-15(16)17(13,3)11-8-14(12)18/h6,12-13H,4-5,7-11H2,1-3H3;6H,4-5,7-11H2,1-3H3/t12-,13-,16+,17-;16-,17+/m01/s1. The zero-order chi connectivity index (χ0) is 25.9. The molecule has 0 bridgehead atoms. The van der Waals surface area contributed by atoms with E-state index in [-0.39, 0.29) is 11.3 Å². The Labute approximate surface area is 220 Å². The minimum atomic E-state index is 0.200. The summed E-state index contributed by atoms with van der Waals surface area (Å²) in [5.74, 6) is 1.80. The van der Waals surface area contributed by atoms with Gasteiger partial charge in [0.1, 0.15) is 5.78 Å². The molecule has 6 aliphatic carbocycles. The molecule has 36 heavy (non-hydrogen) atoms. The summed E-state index contributed by atoms with van der Waals surface area (Å²) in [5.41, 5.74) is 7.31. The summed E-state index contributed by atoms with van der Waals surface area (Å²) in [4.78, 5) is 24.0. The maximum Gasteiger partial charge on any atom is 0.158 e. The van der Waals surface area contributed by atoms with Crippen molar-refractivity contribution in [2.75, 3.05) is 0 Å². The van der Waals surface area contributed by atoms with Gasteiger partial charge in [0.05, 0.1) is 0 Å². The van der Waals surface area contributed by atoms with Gasteiger partial charge in [0, 0.05) is 24.2 Å². The molecule has 3 fully saturated rings. The van der Waals surface area contributed by atoms with E-state index in [1.807, 2.05) is 0 Å². The first-order valence-corrected chi connectivity index (χ1v) is 15.1. The second-order valence-corrected chi connectivity index (χ2v) is 14.3. The van der Waals surface area contributed by atoms with E-state index in [1.165, 1.54) is 63.4 Å². The van der Waals surface area contributed by atoms with Gasteiger partial charge in [-0.1, -0.05) is 63.5 Å². The molecule has 6 rings (SSSR count). The molecule has 0 unspecified atom stereocenters. The molecule has 6 atom stereocenters. The Balaban J connectivity index is 0.000000148. The van der Waals surface area contributed by atoms with Crippen molar-refractivity contribution in [2.24, 2.45) is 33.5 Å². The first-order valence-electron chi connectivity index (χ1n) is 15.1. The number of Topliss-reactive ketones (excluding diaryl/α,β-unsaturated/α-hetero) is 2. The Bertz CT molecular complexity index is 1040. The lowest BCUT2D eigenvalue weighted by atomic mass is 9.47. The predicted octanol–water partition coefficient (Wildman–Crippen LogP) is 9.10. The van der Waals surface area contributed by atoms with Crippen molar-refractivity contribution in [3.8, 4) is 0 Å². The van der Waals surface area contributed by atoms with Gasteiger partial charge in [-0.15, -0.1) is 0 Å². The average molecular weight is 491 g/mol. The summed E-state index contributed by atoms with van der Waals surface area (Å²) in [5, 5.41) is 0. The number of hydrogen-bond donors (Lipinski definition) is 0. The lowest BCUT2D eigenvalue weighted by Gasteiger charge is -2.57. The maximum atomic E-state index is 12.0. The van der Waals surface area contributed by atoms with Gasteiger partial charge in [0.2, 0.25) is 0 Å². The molecule has 2 heteroatoms. The van der Waals surface area contributed by atoms with Crippen molar-refractivity contribution < 1.29 is 9.59 Å². The number of ketones is 2. The van der Waals surface area contributed by atoms with Gasteiger partial charge >= 0.3 is 0 Å². The van der Waals surface area contributed by atoms with Crippen LogP contribution in [0, 0.1) is 33.5 Å². The highest BCUT2D eigenvalue weighted by molar-refractivity contribution is 5.97. The van der Waals surface area contributed by atoms with Crippen LogP contribution < -0.4 is 0 Å². The molecule has 0 aliphatic heterocycles. The molecule has 0 aromatic heterocycles. The van der Waals surface area contributed by atoms with Crippen LogP contribution in [0.3, 0.4) is 0 Å². The van der Waals surface area contributed by atoms with E-state index in [9.17, 15) is 9.59 Å². The van der Waals surface area contributed by atoms with Crippen molar-refractivity contribution in [1.29, 1.82) is 0 Å². The molecule has 0 N–H and O–H groups in total. The third-order valence-electron chi connectivity index (χ3n) is 12.2. The van der Waals surface area contributed by atoms with Crippen LogP contribution in [0.15, 0.2) is 34.4 Å². The van der Waals surface area contributed by atoms with Crippen molar-refractivity contribution in [3.05, 3.63) is 34.4 Å². The monoisotopic (exact) mass is 490 g/mol. The molecule has 2 nitrogen and oxygen atoms in total. The number of hydrogen-bond acceptors (Lipinski definition) is 2. The molecule has 0 spiro atoms. The van der Waals surface area contributed by atoms with Gasteiger partial charge in [-0.25, -0.2) is 0 Å². The molecule has 198 valence electrons. The molecule has 0 amide bonds. The van der Waals surface area contributed by atoms with Gasteiger partial charge in [-0.3, -0.25) is 9.59 Å². The number of carbonyl (C=O) groups excluding carboxylic acids is 2. The Morgan fingerprint density at radius 2 is 1.39 bits per heavy atom. The highest BCUT2D eigenvalue weighted by Crippen LogP contribution is 2.63. The fraction of sp³-hybridized carbons (Fsp3) is 0.765. The van der Waals surface area contributed by atoms with E-state index in [1.54, 1.807) is 11.1 Å². The summed E-state index contributed by atoms with van der Waals surface area (Å²) >= 11 is 0. The van der Waals surface area contributed by atoms with Gasteiger partial charge in [-0.05, 0) is 112 Å². The van der Waals surface area contributed by atoms with Gasteiger partial charge in [0.15, 0.2) is 5.78 Å². The zero-order valence-corrected chi connectivity index (χ0v) is 24.0. The Morgan fingerprint density at radius 1 is 0.750 bits per heavy atom. The average Bonchev–Trinajstić information content (AvgIpc) is 2.84. The summed E-state index contributed by atoms with van der Waals surface area (Å²) in [6.45, 7) is 14.0. The maximum absolute atomic E-state index is 12.0. The number of carbonyl (C=O) groups is 2. The van der Waals surface area contributed by atoms with E-state index >= 15 is 0 Å². The van der Waals surface area contributed by atoms with Crippen molar-refractivity contribution in [1.82, 2.24) is 0 Å². The minimum Gasteiger partial charge on any atom is -0.299 e. The summed E-state index contributed by atoms with van der Waals surface area (Å²) in [6.07, 6.45) is 21.6. The number of rotatable bonds is 0. The third kappa shape index (κ3) is 3.95. The van der Waals surface area contributed by atoms with Crippen LogP contribution in [-0.2, 0) is 9.59 Å². The molecule has 0 aromatic rings. The van der Waals surface area contributed by atoms with Crippen LogP contribution in [0.5, 0.6) is 0 Å². The lowest BCUT2D eigenvalue weighted by molar-refractivity contribution is -0.131. The van der Waals surface area contributed by atoms with Crippen molar-refractivity contribution in [2.45, 2.75) is 131 Å². The van der Waals surface area contributed by atoms with Crippen molar-refractivity contribution >= 4 is 11.6 Å². The highest BCUT2D eigenvalue weighted by Gasteiger charge is 2.54. The first-order chi connectivity index (χ1) is 16.9. The molecule has 0 radical (unpaired) electrons. The summed E-state index contributed by atoms with van der Waals surface area (Å²) in [7, 11) is 0. The van der Waals surface area contributed by atoms with E-state index < -0.39 is 0 Å². The fourth-order valence-electron chi connectivity index (χ4n) is 9.97. The molecular weight excluding hydrogens is 440 g/mol. The first kappa shape index (κ1) is 26.2. The quantitative estimate of drug-likeness (QED) is 0.317. The topological polar surface area (TPSA) is 34.1 Å². The van der Waals surface area contributed by atoms with E-state index in [4.69, 9.17) is 0 Å². The smallest absolute Gasteiger partial charge is 0.158 e. The molecular formula is C34H50O2. The Morgan fingerprint density at radius 3 is 2.08 bits per heavy atom. The fourth-order valence-corrected chi connectivity index (χ4v) is 9.97. The van der Waals surface area contributed by atoms with Gasteiger partial charge < -0.3 is 0 Å². The predicted molar refractivity (Wildman–Crippen MR) is 149 cm³/mol. The van der Waals surface area contributed by atoms with Crippen LogP contribution >= 0.6 is 0 Å². The second-order valence-electron chi connectivity index (χ2n) is 14.3. The highest BCUT2D eigenvalue weighted by atomic mass is 16.1. The Hall–Kier alpha value is -1.44. The molecule has 0 aromatic carbocycles. The summed E-state index contributed by atoms with van der Waals surface area (Å²) < 4.78 is 0. The molecule has 3 saturated carbocycles. The molecule has 6 aliphatic rings.